The molecule has 0 aromatic rings. The van der Waals surface area contributed by atoms with Crippen LogP contribution in [0.3, 0.4) is 0 Å². The van der Waals surface area contributed by atoms with Gasteiger partial charge < -0.3 is 9.84 Å². The maximum Gasteiger partial charge on any atom is 0.152 e. The maximum absolute atomic E-state index is 13.7. The molecule has 1 spiro atoms. The number of thioether (sulfide) groups is 1. The van der Waals surface area contributed by atoms with Crippen molar-refractivity contribution in [3.63, 3.8) is 0 Å². The summed E-state index contributed by atoms with van der Waals surface area (Å²) in [4.78, 5) is 13.7. The average Bonchev–Trinajstić information content (AvgIpc) is 3.18. The molecule has 4 saturated carbocycles. The van der Waals surface area contributed by atoms with E-state index >= 15 is 0 Å². The van der Waals surface area contributed by atoms with Crippen molar-refractivity contribution < 1.29 is 14.6 Å². The number of Topliss-reactive ketones (excluding diaryl/α,β-unsaturated/α-hetero) is 1. The van der Waals surface area contributed by atoms with E-state index < -0.39 is 4.75 Å². The third-order valence-electron chi connectivity index (χ3n) is 8.40. The zero-order chi connectivity index (χ0) is 18.2. The predicted molar refractivity (Wildman–Crippen MR) is 102 cm³/mol. The molecule has 0 heterocycles. The smallest absolute Gasteiger partial charge is 0.152 e. The second-order valence-electron chi connectivity index (χ2n) is 9.78. The van der Waals surface area contributed by atoms with Crippen molar-refractivity contribution in [2.45, 2.75) is 88.4 Å². The number of ether oxygens (including phenoxy) is 1. The second-order valence-corrected chi connectivity index (χ2v) is 11.9. The summed E-state index contributed by atoms with van der Waals surface area (Å²) < 4.78 is 5.46. The van der Waals surface area contributed by atoms with Crippen molar-refractivity contribution in [2.75, 3.05) is 7.11 Å². The molecular formula is C21H34O3S. The summed E-state index contributed by atoms with van der Waals surface area (Å²) in [6, 6.07) is 0. The molecule has 2 bridgehead atoms. The van der Waals surface area contributed by atoms with E-state index in [1.807, 2.05) is 7.11 Å². The minimum absolute atomic E-state index is 0.0170. The van der Waals surface area contributed by atoms with Crippen LogP contribution in [0.1, 0.15) is 66.2 Å². The van der Waals surface area contributed by atoms with E-state index in [1.165, 1.54) is 6.42 Å². The standard InChI is InChI=1S/C21H34O3S/c1-12(2)25-19(4)11-16(22)21-10-14(21)6-8-20(13(3)18(19)23)9-7-15(24-5)17(20)21/h12-17,22H,6-11H2,1-5H3/t13-,14-,15+,16+,17?,19+,20?,21-/m0/s1. The van der Waals surface area contributed by atoms with E-state index in [4.69, 9.17) is 4.74 Å². The highest BCUT2D eigenvalue weighted by Crippen LogP contribution is 2.77. The molecule has 0 aromatic carbocycles. The van der Waals surface area contributed by atoms with Gasteiger partial charge in [-0.15, -0.1) is 11.8 Å². The third-order valence-corrected chi connectivity index (χ3v) is 9.76. The minimum Gasteiger partial charge on any atom is -0.392 e. The molecule has 4 aliphatic carbocycles. The SMILES string of the molecule is CO[C@@H]1CCC23CC[C@H]4C[C@@]4(C12)[C@H](O)C[C@@](C)(SC(C)C)C(=O)[C@@H]3C. The number of carbonyl (C=O) groups is 1. The molecule has 4 heteroatoms. The van der Waals surface area contributed by atoms with Gasteiger partial charge in [0.2, 0.25) is 0 Å². The normalized spacial score (nSPS) is 54.7. The lowest BCUT2D eigenvalue weighted by atomic mass is 9.52. The Hall–Kier alpha value is -0.0600. The van der Waals surface area contributed by atoms with E-state index in [9.17, 15) is 9.90 Å². The van der Waals surface area contributed by atoms with Gasteiger partial charge in [0, 0.05) is 23.7 Å². The summed E-state index contributed by atoms with van der Waals surface area (Å²) in [5.41, 5.74) is 0.0636. The van der Waals surface area contributed by atoms with Gasteiger partial charge in [0.05, 0.1) is 17.0 Å². The first-order valence-electron chi connectivity index (χ1n) is 10.1. The Bertz CT molecular complexity index is 577. The van der Waals surface area contributed by atoms with Crippen LogP contribution in [0.5, 0.6) is 0 Å². The summed E-state index contributed by atoms with van der Waals surface area (Å²) in [5, 5.41) is 11.8. The highest BCUT2D eigenvalue weighted by Gasteiger charge is 2.76. The number of rotatable bonds is 3. The Balaban J connectivity index is 1.81. The number of ketones is 1. The number of aliphatic hydroxyl groups excluding tert-OH is 1. The Morgan fingerprint density at radius 1 is 1.24 bits per heavy atom. The first-order valence-corrected chi connectivity index (χ1v) is 11.0. The number of carbonyl (C=O) groups excluding carboxylic acids is 1. The first-order chi connectivity index (χ1) is 11.7. The van der Waals surface area contributed by atoms with E-state index in [2.05, 4.69) is 27.7 Å². The lowest BCUT2D eigenvalue weighted by Gasteiger charge is -2.54. The third kappa shape index (κ3) is 2.29. The molecule has 0 radical (unpaired) electrons. The predicted octanol–water partition coefficient (Wildman–Crippen LogP) is 4.07. The Morgan fingerprint density at radius 3 is 2.56 bits per heavy atom. The van der Waals surface area contributed by atoms with Gasteiger partial charge in [0.1, 0.15) is 0 Å². The van der Waals surface area contributed by atoms with Gasteiger partial charge in [0.25, 0.3) is 0 Å². The van der Waals surface area contributed by atoms with Crippen molar-refractivity contribution in [1.29, 1.82) is 0 Å². The molecule has 2 unspecified atom stereocenters. The molecule has 8 atom stereocenters. The summed E-state index contributed by atoms with van der Waals surface area (Å²) in [6.45, 7) is 8.62. The lowest BCUT2D eigenvalue weighted by molar-refractivity contribution is -0.148. The van der Waals surface area contributed by atoms with Crippen molar-refractivity contribution in [3.05, 3.63) is 0 Å². The van der Waals surface area contributed by atoms with Crippen molar-refractivity contribution >= 4 is 17.5 Å². The van der Waals surface area contributed by atoms with Crippen LogP contribution in [-0.4, -0.2) is 40.2 Å². The van der Waals surface area contributed by atoms with Gasteiger partial charge in [-0.1, -0.05) is 20.8 Å². The Labute approximate surface area is 156 Å². The van der Waals surface area contributed by atoms with E-state index in [0.29, 0.717) is 29.3 Å². The van der Waals surface area contributed by atoms with Crippen molar-refractivity contribution in [2.24, 2.45) is 28.6 Å². The summed E-state index contributed by atoms with van der Waals surface area (Å²) in [5.74, 6) is 1.46. The molecule has 1 N–H and O–H groups in total. The van der Waals surface area contributed by atoms with Gasteiger partial charge in [-0.3, -0.25) is 4.79 Å². The lowest BCUT2D eigenvalue weighted by Crippen LogP contribution is -2.58. The summed E-state index contributed by atoms with van der Waals surface area (Å²) in [6.07, 6.45) is 6.08. The van der Waals surface area contributed by atoms with Gasteiger partial charge in [0.15, 0.2) is 5.78 Å². The number of aliphatic hydroxyl groups is 1. The van der Waals surface area contributed by atoms with Crippen LogP contribution in [0.25, 0.3) is 0 Å². The van der Waals surface area contributed by atoms with Gasteiger partial charge in [-0.2, -0.15) is 0 Å². The number of hydrogen-bond donors (Lipinski definition) is 1. The highest BCUT2D eigenvalue weighted by atomic mass is 32.2. The van der Waals surface area contributed by atoms with Crippen LogP contribution >= 0.6 is 11.8 Å². The fourth-order valence-electron chi connectivity index (χ4n) is 7.40. The van der Waals surface area contributed by atoms with Gasteiger partial charge in [-0.25, -0.2) is 0 Å². The maximum atomic E-state index is 13.7. The highest BCUT2D eigenvalue weighted by molar-refractivity contribution is 8.01. The van der Waals surface area contributed by atoms with E-state index in [-0.39, 0.29) is 29.0 Å². The zero-order valence-electron chi connectivity index (χ0n) is 16.4. The Kier molecular flexibility index (Phi) is 4.19. The summed E-state index contributed by atoms with van der Waals surface area (Å²) in [7, 11) is 1.82. The topological polar surface area (TPSA) is 46.5 Å². The molecule has 142 valence electrons. The van der Waals surface area contributed by atoms with Crippen LogP contribution in [0, 0.1) is 28.6 Å². The fraction of sp³-hybridized carbons (Fsp3) is 0.952. The molecule has 3 nitrogen and oxygen atoms in total. The number of hydrogen-bond acceptors (Lipinski definition) is 4. The molecule has 0 saturated heterocycles. The van der Waals surface area contributed by atoms with Crippen LogP contribution in [0.15, 0.2) is 0 Å². The second kappa shape index (κ2) is 5.72. The molecule has 0 aromatic heterocycles. The van der Waals surface area contributed by atoms with Crippen LogP contribution in [0.4, 0.5) is 0 Å². The minimum atomic E-state index is -0.465. The Morgan fingerprint density at radius 2 is 1.92 bits per heavy atom. The summed E-state index contributed by atoms with van der Waals surface area (Å²) >= 11 is 1.77. The quantitative estimate of drug-likeness (QED) is 0.818. The van der Waals surface area contributed by atoms with Gasteiger partial charge in [-0.05, 0) is 62.7 Å². The van der Waals surface area contributed by atoms with E-state index in [0.717, 1.165) is 25.7 Å². The van der Waals surface area contributed by atoms with Gasteiger partial charge >= 0.3 is 0 Å². The molecular weight excluding hydrogens is 332 g/mol. The van der Waals surface area contributed by atoms with Crippen LogP contribution in [-0.2, 0) is 9.53 Å². The number of methoxy groups -OCH3 is 1. The fourth-order valence-corrected chi connectivity index (χ4v) is 8.99. The monoisotopic (exact) mass is 366 g/mol. The molecule has 0 aliphatic heterocycles. The molecule has 4 aliphatic rings. The zero-order valence-corrected chi connectivity index (χ0v) is 17.2. The van der Waals surface area contributed by atoms with Crippen molar-refractivity contribution in [1.82, 2.24) is 0 Å². The van der Waals surface area contributed by atoms with Crippen molar-refractivity contribution in [3.8, 4) is 0 Å². The molecule has 4 fully saturated rings. The van der Waals surface area contributed by atoms with Crippen LogP contribution < -0.4 is 0 Å². The average molecular weight is 367 g/mol. The first kappa shape index (κ1) is 18.3. The molecule has 0 amide bonds. The van der Waals surface area contributed by atoms with E-state index in [1.54, 1.807) is 11.8 Å². The molecule has 4 rings (SSSR count). The largest absolute Gasteiger partial charge is 0.392 e. The molecule has 25 heavy (non-hydrogen) atoms. The van der Waals surface area contributed by atoms with Crippen LogP contribution in [0.2, 0.25) is 0 Å².